The van der Waals surface area contributed by atoms with Crippen molar-refractivity contribution in [3.05, 3.63) is 91.0 Å². The molecule has 28 heavy (non-hydrogen) atoms. The predicted octanol–water partition coefficient (Wildman–Crippen LogP) is 5.00. The van der Waals surface area contributed by atoms with E-state index in [4.69, 9.17) is 0 Å². The molecular weight excluding hydrogens is 366 g/mol. The summed E-state index contributed by atoms with van der Waals surface area (Å²) in [6.07, 6.45) is 5.43. The van der Waals surface area contributed by atoms with Gasteiger partial charge in [-0.3, -0.25) is 4.79 Å². The molecule has 0 aliphatic rings. The third-order valence-corrected chi connectivity index (χ3v) is 5.66. The Hall–Kier alpha value is -3.05. The van der Waals surface area contributed by atoms with Gasteiger partial charge in [0, 0.05) is 23.0 Å². The van der Waals surface area contributed by atoms with E-state index in [9.17, 15) is 4.79 Å². The van der Waals surface area contributed by atoms with E-state index >= 15 is 0 Å². The number of hydrogen-bond acceptors (Lipinski definition) is 3. The molecule has 0 spiro atoms. The average Bonchev–Trinajstić information content (AvgIpc) is 3.27. The molecule has 1 N–H and O–H groups in total. The SMILES string of the molecule is C[C@H](NC(=O)CSc1ccc2ccccc2c1)c1ccc(-n2ccnc2)cc1. The number of amides is 1. The van der Waals surface area contributed by atoms with E-state index in [-0.39, 0.29) is 11.9 Å². The Bertz CT molecular complexity index is 1070. The molecule has 1 amide bonds. The number of fused-ring (bicyclic) bond motifs is 1. The molecule has 0 radical (unpaired) electrons. The van der Waals surface area contributed by atoms with Gasteiger partial charge in [0.2, 0.25) is 5.91 Å². The van der Waals surface area contributed by atoms with Gasteiger partial charge in [0.1, 0.15) is 0 Å². The molecule has 0 saturated heterocycles. The van der Waals surface area contributed by atoms with Crippen molar-refractivity contribution in [2.75, 3.05) is 5.75 Å². The number of imidazole rings is 1. The number of carbonyl (C=O) groups is 1. The van der Waals surface area contributed by atoms with Crippen LogP contribution in [0.25, 0.3) is 16.5 Å². The van der Waals surface area contributed by atoms with Crippen LogP contribution >= 0.6 is 11.8 Å². The number of rotatable bonds is 6. The van der Waals surface area contributed by atoms with Crippen LogP contribution in [0.3, 0.4) is 0 Å². The lowest BCUT2D eigenvalue weighted by Crippen LogP contribution is -2.28. The van der Waals surface area contributed by atoms with E-state index in [1.165, 1.54) is 10.8 Å². The summed E-state index contributed by atoms with van der Waals surface area (Å²) in [7, 11) is 0. The normalized spacial score (nSPS) is 12.0. The average molecular weight is 388 g/mol. The molecule has 0 aliphatic heterocycles. The van der Waals surface area contributed by atoms with Crippen LogP contribution in [0.4, 0.5) is 0 Å². The van der Waals surface area contributed by atoms with Gasteiger partial charge in [-0.25, -0.2) is 4.98 Å². The summed E-state index contributed by atoms with van der Waals surface area (Å²) in [5, 5.41) is 5.48. The van der Waals surface area contributed by atoms with Crippen LogP contribution in [0.15, 0.2) is 90.3 Å². The van der Waals surface area contributed by atoms with Crippen LogP contribution in [0, 0.1) is 0 Å². The van der Waals surface area contributed by atoms with Gasteiger partial charge < -0.3 is 9.88 Å². The van der Waals surface area contributed by atoms with E-state index in [2.05, 4.69) is 40.6 Å². The molecule has 1 aromatic heterocycles. The molecule has 0 bridgehead atoms. The molecule has 3 aromatic carbocycles. The Balaban J connectivity index is 1.33. The van der Waals surface area contributed by atoms with Gasteiger partial charge >= 0.3 is 0 Å². The maximum Gasteiger partial charge on any atom is 0.230 e. The highest BCUT2D eigenvalue weighted by molar-refractivity contribution is 8.00. The summed E-state index contributed by atoms with van der Waals surface area (Å²) in [5.41, 5.74) is 2.12. The van der Waals surface area contributed by atoms with E-state index in [0.29, 0.717) is 5.75 Å². The van der Waals surface area contributed by atoms with Crippen molar-refractivity contribution in [3.8, 4) is 5.69 Å². The monoisotopic (exact) mass is 387 g/mol. The Morgan fingerprint density at radius 2 is 1.86 bits per heavy atom. The fraction of sp³-hybridized carbons (Fsp3) is 0.130. The minimum absolute atomic E-state index is 0.0318. The molecule has 5 heteroatoms. The fourth-order valence-corrected chi connectivity index (χ4v) is 3.88. The van der Waals surface area contributed by atoms with Gasteiger partial charge in [-0.05, 0) is 47.5 Å². The van der Waals surface area contributed by atoms with Gasteiger partial charge in [0.15, 0.2) is 0 Å². The van der Waals surface area contributed by atoms with Crippen molar-refractivity contribution in [1.29, 1.82) is 0 Å². The highest BCUT2D eigenvalue weighted by atomic mass is 32.2. The molecule has 0 fully saturated rings. The summed E-state index contributed by atoms with van der Waals surface area (Å²) in [4.78, 5) is 17.5. The van der Waals surface area contributed by atoms with Crippen LogP contribution in [0.1, 0.15) is 18.5 Å². The van der Waals surface area contributed by atoms with Gasteiger partial charge in [-0.2, -0.15) is 0 Å². The quantitative estimate of drug-likeness (QED) is 0.474. The highest BCUT2D eigenvalue weighted by Crippen LogP contribution is 2.24. The number of benzene rings is 3. The van der Waals surface area contributed by atoms with Crippen molar-refractivity contribution in [3.63, 3.8) is 0 Å². The summed E-state index contributed by atoms with van der Waals surface area (Å²) >= 11 is 1.56. The summed E-state index contributed by atoms with van der Waals surface area (Å²) in [5.74, 6) is 0.430. The molecule has 1 heterocycles. The standard InChI is InChI=1S/C23H21N3OS/c1-17(18-6-9-21(10-7-18)26-13-12-24-16-26)25-23(27)15-28-22-11-8-19-4-2-3-5-20(19)14-22/h2-14,16-17H,15H2,1H3,(H,25,27)/t17-/m0/s1. The second-order valence-electron chi connectivity index (χ2n) is 6.65. The minimum Gasteiger partial charge on any atom is -0.349 e. The minimum atomic E-state index is -0.0402. The zero-order chi connectivity index (χ0) is 19.3. The number of carbonyl (C=O) groups excluding carboxylic acids is 1. The molecule has 4 rings (SSSR count). The fourth-order valence-electron chi connectivity index (χ4n) is 3.12. The van der Waals surface area contributed by atoms with Crippen LogP contribution in [-0.4, -0.2) is 21.2 Å². The lowest BCUT2D eigenvalue weighted by atomic mass is 10.1. The van der Waals surface area contributed by atoms with E-state index in [0.717, 1.165) is 16.1 Å². The van der Waals surface area contributed by atoms with Crippen molar-refractivity contribution < 1.29 is 4.79 Å². The van der Waals surface area contributed by atoms with Crippen molar-refractivity contribution in [2.24, 2.45) is 0 Å². The molecule has 0 saturated carbocycles. The third-order valence-electron chi connectivity index (χ3n) is 4.66. The molecule has 4 aromatic rings. The van der Waals surface area contributed by atoms with Crippen molar-refractivity contribution in [2.45, 2.75) is 17.9 Å². The Labute approximate surface area is 168 Å². The largest absolute Gasteiger partial charge is 0.349 e. The van der Waals surface area contributed by atoms with E-state index in [1.54, 1.807) is 24.3 Å². The molecular formula is C23H21N3OS. The van der Waals surface area contributed by atoms with Crippen LogP contribution in [0.5, 0.6) is 0 Å². The van der Waals surface area contributed by atoms with E-state index < -0.39 is 0 Å². The number of aromatic nitrogens is 2. The van der Waals surface area contributed by atoms with Gasteiger partial charge in [-0.15, -0.1) is 11.8 Å². The van der Waals surface area contributed by atoms with Crippen LogP contribution < -0.4 is 5.32 Å². The zero-order valence-electron chi connectivity index (χ0n) is 15.6. The maximum atomic E-state index is 12.4. The lowest BCUT2D eigenvalue weighted by Gasteiger charge is -2.15. The maximum absolute atomic E-state index is 12.4. The second kappa shape index (κ2) is 8.31. The highest BCUT2D eigenvalue weighted by Gasteiger charge is 2.10. The first-order valence-corrected chi connectivity index (χ1v) is 10.2. The summed E-state index contributed by atoms with van der Waals surface area (Å²) in [6, 6.07) is 22.6. The molecule has 1 atom stereocenters. The topological polar surface area (TPSA) is 46.9 Å². The first-order chi connectivity index (χ1) is 13.7. The molecule has 4 nitrogen and oxygen atoms in total. The number of thioether (sulfide) groups is 1. The summed E-state index contributed by atoms with van der Waals surface area (Å²) < 4.78 is 1.95. The zero-order valence-corrected chi connectivity index (χ0v) is 16.4. The Morgan fingerprint density at radius 1 is 1.07 bits per heavy atom. The second-order valence-corrected chi connectivity index (χ2v) is 7.70. The van der Waals surface area contributed by atoms with Gasteiger partial charge in [-0.1, -0.05) is 42.5 Å². The third kappa shape index (κ3) is 4.26. The van der Waals surface area contributed by atoms with Gasteiger partial charge in [0.05, 0.1) is 18.1 Å². The van der Waals surface area contributed by atoms with E-state index in [1.807, 2.05) is 54.1 Å². The predicted molar refractivity (Wildman–Crippen MR) is 115 cm³/mol. The first kappa shape index (κ1) is 18.3. The van der Waals surface area contributed by atoms with Crippen LogP contribution in [0.2, 0.25) is 0 Å². The Kier molecular flexibility index (Phi) is 5.44. The number of hydrogen-bond donors (Lipinski definition) is 1. The number of nitrogens with one attached hydrogen (secondary N) is 1. The smallest absolute Gasteiger partial charge is 0.230 e. The van der Waals surface area contributed by atoms with Crippen molar-refractivity contribution >= 4 is 28.4 Å². The van der Waals surface area contributed by atoms with Gasteiger partial charge in [0.25, 0.3) is 0 Å². The Morgan fingerprint density at radius 3 is 2.61 bits per heavy atom. The molecule has 0 unspecified atom stereocenters. The van der Waals surface area contributed by atoms with Crippen LogP contribution in [-0.2, 0) is 4.79 Å². The van der Waals surface area contributed by atoms with Crippen molar-refractivity contribution in [1.82, 2.24) is 14.9 Å². The lowest BCUT2D eigenvalue weighted by molar-refractivity contribution is -0.119. The first-order valence-electron chi connectivity index (χ1n) is 9.18. The molecule has 140 valence electrons. The summed E-state index contributed by atoms with van der Waals surface area (Å²) in [6.45, 7) is 2.00. The number of nitrogens with zero attached hydrogens (tertiary/aromatic N) is 2. The molecule has 0 aliphatic carbocycles.